The van der Waals surface area contributed by atoms with Crippen molar-refractivity contribution in [1.82, 2.24) is 9.55 Å². The zero-order valence-corrected chi connectivity index (χ0v) is 16.7. The monoisotopic (exact) mass is 387 g/mol. The van der Waals surface area contributed by atoms with Gasteiger partial charge >= 0.3 is 0 Å². The minimum Gasteiger partial charge on any atom is -0.348 e. The summed E-state index contributed by atoms with van der Waals surface area (Å²) in [5.74, 6) is 0.169. The molecule has 146 valence electrons. The normalized spacial score (nSPS) is 11.0. The largest absolute Gasteiger partial charge is 0.348 e. The Morgan fingerprint density at radius 2 is 1.72 bits per heavy atom. The molecule has 0 saturated carbocycles. The van der Waals surface area contributed by atoms with E-state index in [9.17, 15) is 9.18 Å². The molecule has 4 nitrogen and oxygen atoms in total. The Labute approximate surface area is 169 Å². The van der Waals surface area contributed by atoms with Crippen LogP contribution in [0, 0.1) is 19.7 Å². The van der Waals surface area contributed by atoms with Gasteiger partial charge in [-0.25, -0.2) is 9.37 Å². The highest BCUT2D eigenvalue weighted by Crippen LogP contribution is 2.33. The van der Waals surface area contributed by atoms with Gasteiger partial charge in [0.2, 0.25) is 0 Å². The summed E-state index contributed by atoms with van der Waals surface area (Å²) in [4.78, 5) is 19.7. The average molecular weight is 387 g/mol. The fourth-order valence-corrected chi connectivity index (χ4v) is 3.65. The molecule has 5 heteroatoms. The molecule has 0 aliphatic rings. The zero-order chi connectivity index (χ0) is 20.5. The quantitative estimate of drug-likeness (QED) is 0.484. The minimum atomic E-state index is -0.301. The number of aryl methyl sites for hydroxylation is 2. The van der Waals surface area contributed by atoms with Crippen molar-refractivity contribution in [1.29, 1.82) is 0 Å². The lowest BCUT2D eigenvalue weighted by Gasteiger charge is -2.23. The summed E-state index contributed by atoms with van der Waals surface area (Å²) in [7, 11) is 2.01. The van der Waals surface area contributed by atoms with Crippen LogP contribution in [-0.2, 0) is 13.6 Å². The van der Waals surface area contributed by atoms with Gasteiger partial charge in [-0.05, 0) is 55.3 Å². The van der Waals surface area contributed by atoms with Crippen molar-refractivity contribution < 1.29 is 9.18 Å². The van der Waals surface area contributed by atoms with Gasteiger partial charge < -0.3 is 4.57 Å². The summed E-state index contributed by atoms with van der Waals surface area (Å²) >= 11 is 0. The Bertz CT molecular complexity index is 1180. The average Bonchev–Trinajstić information content (AvgIpc) is 2.98. The summed E-state index contributed by atoms with van der Waals surface area (Å²) in [6, 6.07) is 17.3. The van der Waals surface area contributed by atoms with Crippen LogP contribution < -0.4 is 4.90 Å². The molecule has 0 N–H and O–H groups in total. The molecule has 29 heavy (non-hydrogen) atoms. The number of nitrogens with zero attached hydrogens (tertiary/aromatic N) is 3. The third-order valence-electron chi connectivity index (χ3n) is 5.47. The van der Waals surface area contributed by atoms with E-state index in [0.29, 0.717) is 17.9 Å². The topological polar surface area (TPSA) is 38.1 Å². The van der Waals surface area contributed by atoms with Gasteiger partial charge in [0.15, 0.2) is 0 Å². The molecule has 2 aromatic heterocycles. The van der Waals surface area contributed by atoms with E-state index in [1.165, 1.54) is 12.1 Å². The van der Waals surface area contributed by atoms with Crippen molar-refractivity contribution in [3.8, 4) is 0 Å². The van der Waals surface area contributed by atoms with E-state index in [1.807, 2.05) is 38.2 Å². The third kappa shape index (κ3) is 3.40. The Hall–Kier alpha value is -3.47. The van der Waals surface area contributed by atoms with Gasteiger partial charge in [-0.3, -0.25) is 9.69 Å². The Morgan fingerprint density at radius 1 is 1.03 bits per heavy atom. The van der Waals surface area contributed by atoms with E-state index < -0.39 is 0 Å². The first-order chi connectivity index (χ1) is 14.0. The number of aromatic nitrogens is 2. The van der Waals surface area contributed by atoms with E-state index >= 15 is 0 Å². The number of hydrogen-bond acceptors (Lipinski definition) is 2. The van der Waals surface area contributed by atoms with Gasteiger partial charge in [0.05, 0.1) is 12.1 Å². The number of hydrogen-bond donors (Lipinski definition) is 0. The number of halogens is 1. The molecule has 0 unspecified atom stereocenters. The molecule has 0 aliphatic heterocycles. The maximum Gasteiger partial charge on any atom is 0.259 e. The fraction of sp³-hybridized carbons (Fsp3) is 0.167. The number of anilines is 1. The van der Waals surface area contributed by atoms with Crippen LogP contribution in [0.3, 0.4) is 0 Å². The molecular weight excluding hydrogens is 365 g/mol. The third-order valence-corrected chi connectivity index (χ3v) is 5.47. The molecule has 2 heterocycles. The maximum absolute atomic E-state index is 13.5. The van der Waals surface area contributed by atoms with E-state index in [0.717, 1.165) is 27.7 Å². The minimum absolute atomic E-state index is 0.143. The van der Waals surface area contributed by atoms with Crippen molar-refractivity contribution >= 4 is 22.6 Å². The highest BCUT2D eigenvalue weighted by atomic mass is 19.1. The van der Waals surface area contributed by atoms with Crippen molar-refractivity contribution in [2.45, 2.75) is 20.4 Å². The van der Waals surface area contributed by atoms with Gasteiger partial charge in [0.1, 0.15) is 11.6 Å². The van der Waals surface area contributed by atoms with E-state index in [4.69, 9.17) is 0 Å². The van der Waals surface area contributed by atoms with E-state index in [1.54, 1.807) is 35.4 Å². The first-order valence-electron chi connectivity index (χ1n) is 9.49. The number of rotatable bonds is 4. The van der Waals surface area contributed by atoms with Crippen molar-refractivity contribution in [2.75, 3.05) is 4.90 Å². The van der Waals surface area contributed by atoms with Crippen molar-refractivity contribution in [2.24, 2.45) is 7.05 Å². The van der Waals surface area contributed by atoms with E-state index in [-0.39, 0.29) is 11.7 Å². The second-order valence-electron chi connectivity index (χ2n) is 7.18. The lowest BCUT2D eigenvalue weighted by molar-refractivity contribution is 0.0984. The molecule has 0 spiro atoms. The molecule has 1 amide bonds. The van der Waals surface area contributed by atoms with Crippen LogP contribution in [0.1, 0.15) is 27.2 Å². The molecule has 0 fully saturated rings. The molecule has 0 atom stereocenters. The molecule has 4 rings (SSSR count). The highest BCUT2D eigenvalue weighted by Gasteiger charge is 2.24. The Balaban J connectivity index is 1.89. The second kappa shape index (κ2) is 7.51. The van der Waals surface area contributed by atoms with Crippen LogP contribution in [0.4, 0.5) is 10.2 Å². The van der Waals surface area contributed by atoms with Crippen LogP contribution in [0.15, 0.2) is 66.9 Å². The van der Waals surface area contributed by atoms with E-state index in [2.05, 4.69) is 16.5 Å². The number of amides is 1. The van der Waals surface area contributed by atoms with Gasteiger partial charge in [0.25, 0.3) is 5.91 Å². The predicted octanol–water partition coefficient (Wildman–Crippen LogP) is 5.18. The first-order valence-corrected chi connectivity index (χ1v) is 9.49. The van der Waals surface area contributed by atoms with Crippen LogP contribution in [0.25, 0.3) is 10.9 Å². The summed E-state index contributed by atoms with van der Waals surface area (Å²) in [6.45, 7) is 4.40. The molecular formula is C24H22FN3O. The Morgan fingerprint density at radius 3 is 2.41 bits per heavy atom. The number of benzene rings is 2. The number of carbonyl (C=O) groups excluding carboxylic acids is 1. The smallest absolute Gasteiger partial charge is 0.259 e. The van der Waals surface area contributed by atoms with Crippen LogP contribution in [-0.4, -0.2) is 15.5 Å². The number of carbonyl (C=O) groups is 1. The lowest BCUT2D eigenvalue weighted by atomic mass is 10.1. The molecule has 0 radical (unpaired) electrons. The number of fused-ring (bicyclic) bond motifs is 1. The van der Waals surface area contributed by atoms with Crippen molar-refractivity contribution in [3.05, 3.63) is 95.1 Å². The summed E-state index contributed by atoms with van der Waals surface area (Å²) < 4.78 is 15.5. The van der Waals surface area contributed by atoms with Crippen LogP contribution in [0.2, 0.25) is 0 Å². The number of pyridine rings is 1. The van der Waals surface area contributed by atoms with Gasteiger partial charge in [0, 0.05) is 29.9 Å². The lowest BCUT2D eigenvalue weighted by Crippen LogP contribution is -2.31. The van der Waals surface area contributed by atoms with Gasteiger partial charge in [-0.1, -0.05) is 30.3 Å². The van der Waals surface area contributed by atoms with Crippen LogP contribution in [0.5, 0.6) is 0 Å². The summed E-state index contributed by atoms with van der Waals surface area (Å²) in [5.41, 5.74) is 4.66. The second-order valence-corrected chi connectivity index (χ2v) is 7.18. The highest BCUT2D eigenvalue weighted by molar-refractivity contribution is 6.10. The summed E-state index contributed by atoms with van der Waals surface area (Å²) in [6.07, 6.45) is 1.73. The molecule has 4 aromatic rings. The Kier molecular flexibility index (Phi) is 4.89. The maximum atomic E-state index is 13.5. The molecule has 0 bridgehead atoms. The zero-order valence-electron chi connectivity index (χ0n) is 16.7. The van der Waals surface area contributed by atoms with Crippen LogP contribution >= 0.6 is 0 Å². The summed E-state index contributed by atoms with van der Waals surface area (Å²) in [5, 5.41) is 0.957. The first kappa shape index (κ1) is 18.9. The standard InChI is InChI=1S/C24H22FN3O/c1-16-17(2)27(3)21-13-14-26-23(22(16)21)28(15-18-9-11-20(25)12-10-18)24(29)19-7-5-4-6-8-19/h4-14H,15H2,1-3H3. The van der Waals surface area contributed by atoms with Crippen molar-refractivity contribution in [3.63, 3.8) is 0 Å². The predicted molar refractivity (Wildman–Crippen MR) is 114 cm³/mol. The SMILES string of the molecule is Cc1c(C)n(C)c2ccnc(N(Cc3ccc(F)cc3)C(=O)c3ccccc3)c12. The fourth-order valence-electron chi connectivity index (χ4n) is 3.65. The van der Waals surface area contributed by atoms with Gasteiger partial charge in [-0.15, -0.1) is 0 Å². The molecule has 0 aliphatic carbocycles. The molecule has 0 saturated heterocycles. The molecule has 2 aromatic carbocycles. The van der Waals surface area contributed by atoms with Gasteiger partial charge in [-0.2, -0.15) is 0 Å².